The lowest BCUT2D eigenvalue weighted by Crippen LogP contribution is -2.64. The van der Waals surface area contributed by atoms with Gasteiger partial charge in [0.05, 0.1) is 18.9 Å². The van der Waals surface area contributed by atoms with Crippen molar-refractivity contribution >= 4 is 33.7 Å². The van der Waals surface area contributed by atoms with E-state index in [0.29, 0.717) is 0 Å². The summed E-state index contributed by atoms with van der Waals surface area (Å²) < 4.78 is 20.9. The summed E-state index contributed by atoms with van der Waals surface area (Å²) in [6, 6.07) is 0. The average molecular weight is 493 g/mol. The zero-order valence-electron chi connectivity index (χ0n) is 23.7. The van der Waals surface area contributed by atoms with Crippen LogP contribution in [0.3, 0.4) is 0 Å². The zero-order valence-corrected chi connectivity index (χ0v) is 27.9. The monoisotopic (exact) mass is 492 g/mol. The van der Waals surface area contributed by atoms with E-state index < -0.39 is 33.7 Å². The molecule has 0 aromatic carbocycles. The highest BCUT2D eigenvalue weighted by Crippen LogP contribution is 2.50. The van der Waals surface area contributed by atoms with Gasteiger partial charge in [-0.1, -0.05) is 47.3 Å². The third kappa shape index (κ3) is 6.87. The third-order valence-corrected chi connectivity index (χ3v) is 20.9. The van der Waals surface area contributed by atoms with E-state index in [9.17, 15) is 0 Å². The first-order valence-corrected chi connectivity index (χ1v) is 24.0. The maximum absolute atomic E-state index is 7.21. The number of rotatable bonds is 12. The summed E-state index contributed by atoms with van der Waals surface area (Å²) >= 11 is 0. The summed E-state index contributed by atoms with van der Waals surface area (Å²) in [7, 11) is -6.88. The SMILES string of the molecule is CCC(C)(O[Si](C)(C)C(C)(C)O[Si](C)(C)C)C(C)(C)[SiH](C)OC(C)(CC)[Si](C)(C)C. The average Bonchev–Trinajstić information content (AvgIpc) is 2.50. The van der Waals surface area contributed by atoms with Crippen LogP contribution in [0, 0.1) is 0 Å². The highest BCUT2D eigenvalue weighted by molar-refractivity contribution is 6.79. The largest absolute Gasteiger partial charge is 0.417 e. The lowest BCUT2D eigenvalue weighted by atomic mass is 9.89. The summed E-state index contributed by atoms with van der Waals surface area (Å²) in [5, 5.41) is -0.221. The van der Waals surface area contributed by atoms with E-state index in [4.69, 9.17) is 13.3 Å². The van der Waals surface area contributed by atoms with Crippen LogP contribution in [0.15, 0.2) is 0 Å². The molecule has 0 aliphatic heterocycles. The van der Waals surface area contributed by atoms with Gasteiger partial charge < -0.3 is 13.3 Å². The third-order valence-electron chi connectivity index (χ3n) is 8.24. The Hall–Kier alpha value is 0.748. The fraction of sp³-hybridized carbons (Fsp3) is 1.00. The molecule has 0 rings (SSSR count). The first-order valence-electron chi connectivity index (χ1n) is 12.0. The zero-order chi connectivity index (χ0) is 24.6. The minimum absolute atomic E-state index is 0.00264. The predicted octanol–water partition coefficient (Wildman–Crippen LogP) is 7.74. The molecule has 0 aliphatic carbocycles. The van der Waals surface area contributed by atoms with E-state index in [1.54, 1.807) is 0 Å². The molecule has 0 aliphatic rings. The van der Waals surface area contributed by atoms with Crippen molar-refractivity contribution in [2.45, 2.75) is 148 Å². The van der Waals surface area contributed by atoms with E-state index in [2.05, 4.69) is 114 Å². The van der Waals surface area contributed by atoms with Gasteiger partial charge in [-0.25, -0.2) is 0 Å². The Kier molecular flexibility index (Phi) is 9.78. The van der Waals surface area contributed by atoms with Crippen molar-refractivity contribution in [2.24, 2.45) is 0 Å². The topological polar surface area (TPSA) is 27.7 Å². The van der Waals surface area contributed by atoms with Crippen LogP contribution >= 0.6 is 0 Å². The van der Waals surface area contributed by atoms with Crippen LogP contribution in [-0.2, 0) is 13.3 Å². The second-order valence-electron chi connectivity index (χ2n) is 13.2. The second kappa shape index (κ2) is 9.55. The Morgan fingerprint density at radius 2 is 1.13 bits per heavy atom. The van der Waals surface area contributed by atoms with E-state index in [1.807, 2.05) is 0 Å². The van der Waals surface area contributed by atoms with Crippen LogP contribution in [0.5, 0.6) is 0 Å². The Bertz CT molecular complexity index is 564. The van der Waals surface area contributed by atoms with Gasteiger partial charge in [-0.3, -0.25) is 0 Å². The molecule has 0 N–H and O–H groups in total. The molecule has 7 heteroatoms. The molecule has 182 valence electrons. The number of hydrogen-bond donors (Lipinski definition) is 0. The molecular formula is C23H56O3Si4. The smallest absolute Gasteiger partial charge is 0.216 e. The molecule has 3 nitrogen and oxygen atoms in total. The first kappa shape index (κ1) is 30.7. The van der Waals surface area contributed by atoms with Crippen molar-refractivity contribution in [1.82, 2.24) is 0 Å². The molecule has 0 aromatic heterocycles. The van der Waals surface area contributed by atoms with E-state index >= 15 is 0 Å². The normalized spacial score (nSPS) is 19.9. The predicted molar refractivity (Wildman–Crippen MR) is 146 cm³/mol. The summed E-state index contributed by atoms with van der Waals surface area (Å²) in [6.07, 6.45) is 2.06. The van der Waals surface area contributed by atoms with Gasteiger partial charge in [0, 0.05) is 10.3 Å². The van der Waals surface area contributed by atoms with E-state index in [1.165, 1.54) is 0 Å². The highest BCUT2D eigenvalue weighted by atomic mass is 28.4. The molecule has 0 radical (unpaired) electrons. The molecule has 0 aromatic rings. The summed E-state index contributed by atoms with van der Waals surface area (Å²) in [5.41, 5.74) is -0.234. The minimum Gasteiger partial charge on any atom is -0.417 e. The standard InChI is InChI=1S/C23H56O3Si4/c1-18-22(7,26-30(16,17)21(5,6)25-29(13,14)15)20(3,4)27(9)24-23(8,19-2)28(10,11)12/h27H,18-19H2,1-17H3. The highest BCUT2D eigenvalue weighted by Gasteiger charge is 2.55. The molecule has 0 spiro atoms. The summed E-state index contributed by atoms with van der Waals surface area (Å²) in [6.45, 7) is 39.7. The fourth-order valence-electron chi connectivity index (χ4n) is 3.99. The lowest BCUT2D eigenvalue weighted by molar-refractivity contribution is 0.00187. The Balaban J connectivity index is 5.96. The van der Waals surface area contributed by atoms with Crippen molar-refractivity contribution < 1.29 is 13.3 Å². The molecule has 0 bridgehead atoms. The van der Waals surface area contributed by atoms with Crippen molar-refractivity contribution in [1.29, 1.82) is 0 Å². The van der Waals surface area contributed by atoms with Gasteiger partial charge in [0.15, 0.2) is 17.4 Å². The van der Waals surface area contributed by atoms with E-state index in [-0.39, 0.29) is 21.1 Å². The summed E-state index contributed by atoms with van der Waals surface area (Å²) in [4.78, 5) is 0. The molecule has 3 unspecified atom stereocenters. The quantitative estimate of drug-likeness (QED) is 0.261. The lowest BCUT2D eigenvalue weighted by Gasteiger charge is -2.55. The maximum atomic E-state index is 7.21. The molecule has 30 heavy (non-hydrogen) atoms. The molecule has 0 saturated carbocycles. The van der Waals surface area contributed by atoms with Crippen molar-refractivity contribution in [3.8, 4) is 0 Å². The van der Waals surface area contributed by atoms with Crippen LogP contribution < -0.4 is 0 Å². The van der Waals surface area contributed by atoms with Gasteiger partial charge in [-0.15, -0.1) is 0 Å². The molecule has 0 amide bonds. The van der Waals surface area contributed by atoms with Crippen molar-refractivity contribution in [3.05, 3.63) is 0 Å². The van der Waals surface area contributed by atoms with Crippen LogP contribution in [-0.4, -0.2) is 49.8 Å². The Morgan fingerprint density at radius 1 is 0.700 bits per heavy atom. The van der Waals surface area contributed by atoms with Crippen molar-refractivity contribution in [3.63, 3.8) is 0 Å². The maximum Gasteiger partial charge on any atom is 0.216 e. The Labute approximate surface area is 195 Å². The van der Waals surface area contributed by atoms with Gasteiger partial charge in [-0.05, 0) is 79.8 Å². The molecular weight excluding hydrogens is 437 g/mol. The van der Waals surface area contributed by atoms with Gasteiger partial charge >= 0.3 is 0 Å². The Morgan fingerprint density at radius 3 is 1.43 bits per heavy atom. The minimum atomic E-state index is -2.17. The van der Waals surface area contributed by atoms with Crippen LogP contribution in [0.1, 0.15) is 68.2 Å². The van der Waals surface area contributed by atoms with Crippen LogP contribution in [0.25, 0.3) is 0 Å². The van der Waals surface area contributed by atoms with Crippen molar-refractivity contribution in [2.75, 3.05) is 0 Å². The van der Waals surface area contributed by atoms with Gasteiger partial charge in [-0.2, -0.15) is 0 Å². The van der Waals surface area contributed by atoms with Gasteiger partial charge in [0.2, 0.25) is 8.32 Å². The molecule has 0 fully saturated rings. The van der Waals surface area contributed by atoms with Gasteiger partial charge in [0.1, 0.15) is 0 Å². The summed E-state index contributed by atoms with van der Waals surface area (Å²) in [5.74, 6) is 0. The van der Waals surface area contributed by atoms with Crippen LogP contribution in [0.4, 0.5) is 0 Å². The number of hydrogen-bond acceptors (Lipinski definition) is 3. The fourth-order valence-corrected chi connectivity index (χ4v) is 14.7. The second-order valence-corrected chi connectivity index (χ2v) is 30.6. The van der Waals surface area contributed by atoms with Crippen LogP contribution in [0.2, 0.25) is 64.0 Å². The molecule has 0 heterocycles. The molecule has 0 saturated heterocycles. The molecule has 3 atom stereocenters. The van der Waals surface area contributed by atoms with Gasteiger partial charge in [0.25, 0.3) is 0 Å². The van der Waals surface area contributed by atoms with E-state index in [0.717, 1.165) is 12.8 Å². The first-order chi connectivity index (χ1) is 12.9.